The van der Waals surface area contributed by atoms with Crippen LogP contribution in [0.4, 0.5) is 0 Å². The molecule has 14 heavy (non-hydrogen) atoms. The molecule has 1 fully saturated rings. The molecule has 0 saturated heterocycles. The number of nitriles is 1. The second-order valence-electron chi connectivity index (χ2n) is 4.52. The largest absolute Gasteiger partial charge is 0.341 e. The molecule has 78 valence electrons. The Morgan fingerprint density at radius 1 is 1.57 bits per heavy atom. The van der Waals surface area contributed by atoms with Crippen LogP contribution in [0.5, 0.6) is 0 Å². The molecule has 1 saturated carbocycles. The Morgan fingerprint density at radius 2 is 2.14 bits per heavy atom. The zero-order valence-corrected chi connectivity index (χ0v) is 9.21. The first kappa shape index (κ1) is 11.0. The molecule has 0 aliphatic heterocycles. The molecule has 1 amide bonds. The first-order valence-corrected chi connectivity index (χ1v) is 5.22. The lowest BCUT2D eigenvalue weighted by Gasteiger charge is -2.26. The predicted molar refractivity (Wildman–Crippen MR) is 54.4 cm³/mol. The molecule has 0 heterocycles. The van der Waals surface area contributed by atoms with Crippen LogP contribution in [0.1, 0.15) is 33.6 Å². The highest BCUT2D eigenvalue weighted by molar-refractivity contribution is 5.84. The third-order valence-electron chi connectivity index (χ3n) is 2.66. The fourth-order valence-electron chi connectivity index (χ4n) is 1.41. The minimum atomic E-state index is -0.870. The van der Waals surface area contributed by atoms with E-state index in [0.717, 1.165) is 6.54 Å². The van der Waals surface area contributed by atoms with Gasteiger partial charge in [0.2, 0.25) is 5.91 Å². The average molecular weight is 194 g/mol. The van der Waals surface area contributed by atoms with Crippen molar-refractivity contribution in [2.45, 2.75) is 33.6 Å². The third-order valence-corrected chi connectivity index (χ3v) is 2.66. The third kappa shape index (κ3) is 2.47. The molecular weight excluding hydrogens is 176 g/mol. The fraction of sp³-hybridized carbons (Fsp3) is 0.818. The number of rotatable bonds is 4. The molecular formula is C11H18N2O. The molecule has 0 aromatic carbocycles. The Labute approximate surface area is 85.7 Å². The van der Waals surface area contributed by atoms with Gasteiger partial charge in [-0.05, 0) is 39.5 Å². The maximum Gasteiger partial charge on any atom is 0.242 e. The minimum absolute atomic E-state index is 0.0330. The number of carbonyl (C=O) groups is 1. The molecule has 0 unspecified atom stereocenters. The van der Waals surface area contributed by atoms with Crippen molar-refractivity contribution in [3.8, 4) is 6.07 Å². The molecule has 3 heteroatoms. The first-order chi connectivity index (χ1) is 6.51. The van der Waals surface area contributed by atoms with E-state index >= 15 is 0 Å². The van der Waals surface area contributed by atoms with Crippen LogP contribution in [0, 0.1) is 22.7 Å². The molecule has 0 aromatic rings. The van der Waals surface area contributed by atoms with Gasteiger partial charge >= 0.3 is 0 Å². The lowest BCUT2D eigenvalue weighted by atomic mass is 9.93. The Bertz CT molecular complexity index is 261. The fourth-order valence-corrected chi connectivity index (χ4v) is 1.41. The normalized spacial score (nSPS) is 16.1. The summed E-state index contributed by atoms with van der Waals surface area (Å²) in [7, 11) is 0. The molecule has 0 atom stereocenters. The van der Waals surface area contributed by atoms with E-state index in [1.54, 1.807) is 18.7 Å². The topological polar surface area (TPSA) is 44.1 Å². The van der Waals surface area contributed by atoms with E-state index in [1.807, 2.05) is 6.92 Å². The quantitative estimate of drug-likeness (QED) is 0.685. The van der Waals surface area contributed by atoms with Crippen LogP contribution in [0.3, 0.4) is 0 Å². The number of carbonyl (C=O) groups excluding carboxylic acids is 1. The second-order valence-corrected chi connectivity index (χ2v) is 4.52. The van der Waals surface area contributed by atoms with Gasteiger partial charge < -0.3 is 4.90 Å². The molecule has 0 aromatic heterocycles. The van der Waals surface area contributed by atoms with E-state index in [-0.39, 0.29) is 5.91 Å². The minimum Gasteiger partial charge on any atom is -0.341 e. The van der Waals surface area contributed by atoms with Gasteiger partial charge in [-0.3, -0.25) is 4.79 Å². The summed E-state index contributed by atoms with van der Waals surface area (Å²) >= 11 is 0. The van der Waals surface area contributed by atoms with Crippen molar-refractivity contribution in [1.82, 2.24) is 4.90 Å². The summed E-state index contributed by atoms with van der Waals surface area (Å²) in [5.41, 5.74) is -0.870. The maximum absolute atomic E-state index is 11.9. The van der Waals surface area contributed by atoms with E-state index in [9.17, 15) is 4.79 Å². The van der Waals surface area contributed by atoms with Gasteiger partial charge in [0.05, 0.1) is 6.07 Å². The summed E-state index contributed by atoms with van der Waals surface area (Å²) in [6, 6.07) is 2.06. The van der Waals surface area contributed by atoms with Crippen LogP contribution in [-0.2, 0) is 4.79 Å². The molecule has 0 N–H and O–H groups in total. The summed E-state index contributed by atoms with van der Waals surface area (Å²) in [6.45, 7) is 6.88. The van der Waals surface area contributed by atoms with Crippen LogP contribution < -0.4 is 0 Å². The van der Waals surface area contributed by atoms with Gasteiger partial charge in [-0.2, -0.15) is 5.26 Å². The van der Waals surface area contributed by atoms with Gasteiger partial charge in [-0.1, -0.05) is 0 Å². The Balaban J connectivity index is 2.59. The molecule has 0 spiro atoms. The molecule has 0 bridgehead atoms. The van der Waals surface area contributed by atoms with E-state index in [0.29, 0.717) is 12.5 Å². The first-order valence-electron chi connectivity index (χ1n) is 5.22. The second kappa shape index (κ2) is 4.00. The average Bonchev–Trinajstić information content (AvgIpc) is 2.96. The van der Waals surface area contributed by atoms with Crippen LogP contribution >= 0.6 is 0 Å². The molecule has 3 nitrogen and oxygen atoms in total. The maximum atomic E-state index is 11.9. The highest BCUT2D eigenvalue weighted by atomic mass is 16.2. The van der Waals surface area contributed by atoms with Crippen LogP contribution in [0.25, 0.3) is 0 Å². The Morgan fingerprint density at radius 3 is 2.50 bits per heavy atom. The van der Waals surface area contributed by atoms with Crippen LogP contribution in [-0.4, -0.2) is 23.9 Å². The lowest BCUT2D eigenvalue weighted by molar-refractivity contribution is -0.137. The number of amides is 1. The zero-order valence-electron chi connectivity index (χ0n) is 9.21. The smallest absolute Gasteiger partial charge is 0.242 e. The van der Waals surface area contributed by atoms with Crippen molar-refractivity contribution in [3.05, 3.63) is 0 Å². The predicted octanol–water partition coefficient (Wildman–Crippen LogP) is 1.79. The van der Waals surface area contributed by atoms with Gasteiger partial charge in [0.1, 0.15) is 5.41 Å². The highest BCUT2D eigenvalue weighted by Gasteiger charge is 2.34. The van der Waals surface area contributed by atoms with Crippen LogP contribution in [0.2, 0.25) is 0 Å². The van der Waals surface area contributed by atoms with E-state index < -0.39 is 5.41 Å². The Hall–Kier alpha value is -1.04. The van der Waals surface area contributed by atoms with Crippen molar-refractivity contribution in [3.63, 3.8) is 0 Å². The number of hydrogen-bond acceptors (Lipinski definition) is 2. The number of nitrogens with zero attached hydrogens (tertiary/aromatic N) is 2. The van der Waals surface area contributed by atoms with E-state index in [2.05, 4.69) is 6.07 Å². The molecule has 1 aliphatic carbocycles. The van der Waals surface area contributed by atoms with Gasteiger partial charge in [0.25, 0.3) is 0 Å². The molecule has 1 rings (SSSR count). The zero-order chi connectivity index (χ0) is 10.8. The summed E-state index contributed by atoms with van der Waals surface area (Å²) < 4.78 is 0. The van der Waals surface area contributed by atoms with Gasteiger partial charge in [-0.15, -0.1) is 0 Å². The van der Waals surface area contributed by atoms with Crippen LogP contribution in [0.15, 0.2) is 0 Å². The molecule has 1 aliphatic rings. The highest BCUT2D eigenvalue weighted by Crippen LogP contribution is 2.31. The summed E-state index contributed by atoms with van der Waals surface area (Å²) in [5.74, 6) is 0.655. The van der Waals surface area contributed by atoms with Gasteiger partial charge in [0.15, 0.2) is 0 Å². The SMILES string of the molecule is CCN(CC1CC1)C(=O)C(C)(C)C#N. The van der Waals surface area contributed by atoms with E-state index in [4.69, 9.17) is 5.26 Å². The van der Waals surface area contributed by atoms with Crippen molar-refractivity contribution in [1.29, 1.82) is 5.26 Å². The van der Waals surface area contributed by atoms with Crippen molar-refractivity contribution < 1.29 is 4.79 Å². The number of hydrogen-bond donors (Lipinski definition) is 0. The van der Waals surface area contributed by atoms with Crippen molar-refractivity contribution in [2.24, 2.45) is 11.3 Å². The summed E-state index contributed by atoms with van der Waals surface area (Å²) in [6.07, 6.45) is 2.47. The van der Waals surface area contributed by atoms with Crippen molar-refractivity contribution >= 4 is 5.91 Å². The monoisotopic (exact) mass is 194 g/mol. The summed E-state index contributed by atoms with van der Waals surface area (Å²) in [5, 5.41) is 8.86. The van der Waals surface area contributed by atoms with E-state index in [1.165, 1.54) is 12.8 Å². The molecule has 0 radical (unpaired) electrons. The van der Waals surface area contributed by atoms with Crippen molar-refractivity contribution in [2.75, 3.05) is 13.1 Å². The van der Waals surface area contributed by atoms with Gasteiger partial charge in [-0.25, -0.2) is 0 Å². The Kier molecular flexibility index (Phi) is 3.15. The lowest BCUT2D eigenvalue weighted by Crippen LogP contribution is -2.41. The van der Waals surface area contributed by atoms with Gasteiger partial charge in [0, 0.05) is 13.1 Å². The standard InChI is InChI=1S/C11H18N2O/c1-4-13(7-9-5-6-9)10(14)11(2,3)8-12/h9H,4-7H2,1-3H3. The summed E-state index contributed by atoms with van der Waals surface area (Å²) in [4.78, 5) is 13.7.